The molecule has 0 fully saturated rings. The van der Waals surface area contributed by atoms with E-state index in [9.17, 15) is 13.2 Å². The van der Waals surface area contributed by atoms with Crippen molar-refractivity contribution < 1.29 is 13.2 Å². The largest absolute Gasteiger partial charge is 0.417 e. The molecule has 18 heavy (non-hydrogen) atoms. The number of alkyl halides is 3. The molecular weight excluding hydrogens is 329 g/mol. The van der Waals surface area contributed by atoms with Crippen LogP contribution in [0.1, 0.15) is 10.4 Å². The predicted molar refractivity (Wildman–Crippen MR) is 68.1 cm³/mol. The second-order valence-electron chi connectivity index (χ2n) is 3.52. The number of nitrogens with zero attached hydrogens (tertiary/aromatic N) is 1. The van der Waals surface area contributed by atoms with E-state index in [1.807, 2.05) is 0 Å². The minimum absolute atomic E-state index is 0.0791. The highest BCUT2D eigenvalue weighted by Crippen LogP contribution is 2.39. The summed E-state index contributed by atoms with van der Waals surface area (Å²) in [7, 11) is 0. The topological polar surface area (TPSA) is 38.9 Å². The van der Waals surface area contributed by atoms with E-state index in [1.165, 1.54) is 23.6 Å². The van der Waals surface area contributed by atoms with Crippen molar-refractivity contribution >= 4 is 27.3 Å². The maximum atomic E-state index is 12.9. The number of nitrogens with two attached hydrogens (primary N) is 1. The number of aromatic nitrogens is 1. The molecule has 0 unspecified atom stereocenters. The molecule has 1 heterocycles. The van der Waals surface area contributed by atoms with Gasteiger partial charge in [0.25, 0.3) is 0 Å². The zero-order valence-electron chi connectivity index (χ0n) is 8.96. The van der Waals surface area contributed by atoms with E-state index in [0.29, 0.717) is 9.48 Å². The molecule has 1 aromatic carbocycles. The van der Waals surface area contributed by atoms with Gasteiger partial charge in [0.1, 0.15) is 5.01 Å². The first-order valence-electron chi connectivity index (χ1n) is 4.93. The van der Waals surface area contributed by atoms with Crippen LogP contribution in [0.25, 0.3) is 10.6 Å². The highest BCUT2D eigenvalue weighted by Gasteiger charge is 2.34. The van der Waals surface area contributed by atoms with Gasteiger partial charge in [0.15, 0.2) is 0 Å². The van der Waals surface area contributed by atoms with Gasteiger partial charge >= 0.3 is 6.18 Å². The molecule has 2 aromatic rings. The van der Waals surface area contributed by atoms with Crippen molar-refractivity contribution in [1.29, 1.82) is 0 Å². The van der Waals surface area contributed by atoms with Gasteiger partial charge in [-0.25, -0.2) is 4.98 Å². The van der Waals surface area contributed by atoms with Crippen LogP contribution in [0, 0.1) is 0 Å². The quantitative estimate of drug-likeness (QED) is 0.898. The molecule has 0 aliphatic heterocycles. The Morgan fingerprint density at radius 1 is 1.33 bits per heavy atom. The van der Waals surface area contributed by atoms with E-state index in [4.69, 9.17) is 5.73 Å². The van der Waals surface area contributed by atoms with E-state index in [-0.39, 0.29) is 12.1 Å². The van der Waals surface area contributed by atoms with Crippen LogP contribution in [0.2, 0.25) is 0 Å². The van der Waals surface area contributed by atoms with Crippen LogP contribution in [0.15, 0.2) is 28.9 Å². The average molecular weight is 337 g/mol. The van der Waals surface area contributed by atoms with E-state index >= 15 is 0 Å². The van der Waals surface area contributed by atoms with Crippen molar-refractivity contribution in [3.05, 3.63) is 39.3 Å². The Bertz CT molecular complexity index is 566. The third kappa shape index (κ3) is 2.73. The Kier molecular flexibility index (Phi) is 3.74. The molecule has 0 aliphatic carbocycles. The highest BCUT2D eigenvalue weighted by molar-refractivity contribution is 9.10. The van der Waals surface area contributed by atoms with Gasteiger partial charge in [0.05, 0.1) is 5.56 Å². The Hall–Kier alpha value is -0.920. The molecule has 0 radical (unpaired) electrons. The summed E-state index contributed by atoms with van der Waals surface area (Å²) in [5.74, 6) is 0. The van der Waals surface area contributed by atoms with Crippen LogP contribution in [-0.2, 0) is 12.7 Å². The smallest absolute Gasteiger partial charge is 0.326 e. The minimum atomic E-state index is -4.41. The third-order valence-electron chi connectivity index (χ3n) is 2.27. The molecule has 0 bridgehead atoms. The van der Waals surface area contributed by atoms with Gasteiger partial charge in [-0.05, 0) is 12.1 Å². The maximum absolute atomic E-state index is 12.9. The van der Waals surface area contributed by atoms with Crippen molar-refractivity contribution in [3.63, 3.8) is 0 Å². The first kappa shape index (κ1) is 13.5. The summed E-state index contributed by atoms with van der Waals surface area (Å²) in [4.78, 5) is 4.74. The third-order valence-corrected chi connectivity index (χ3v) is 3.82. The molecule has 96 valence electrons. The molecule has 7 heteroatoms. The van der Waals surface area contributed by atoms with Crippen molar-refractivity contribution in [3.8, 4) is 10.6 Å². The van der Waals surface area contributed by atoms with Crippen LogP contribution >= 0.6 is 27.3 Å². The molecular formula is C11H8BrF3N2S. The van der Waals surface area contributed by atoms with Gasteiger partial charge in [-0.15, -0.1) is 11.3 Å². The van der Waals surface area contributed by atoms with Crippen LogP contribution in [0.5, 0.6) is 0 Å². The van der Waals surface area contributed by atoms with Gasteiger partial charge in [-0.3, -0.25) is 0 Å². The van der Waals surface area contributed by atoms with Gasteiger partial charge in [-0.1, -0.05) is 22.0 Å². The van der Waals surface area contributed by atoms with Crippen molar-refractivity contribution in [2.45, 2.75) is 12.7 Å². The van der Waals surface area contributed by atoms with Gasteiger partial charge < -0.3 is 5.73 Å². The Balaban J connectivity index is 2.56. The monoisotopic (exact) mass is 336 g/mol. The Morgan fingerprint density at radius 2 is 2.06 bits per heavy atom. The lowest BCUT2D eigenvalue weighted by molar-refractivity contribution is -0.137. The number of thiazole rings is 1. The normalized spacial score (nSPS) is 11.8. The number of halogens is 4. The standard InChI is InChI=1S/C11H8BrF3N2S/c12-6-1-2-8(9(3-6)11(13,14)15)10-17-5-7(4-16)18-10/h1-3,5H,4,16H2. The van der Waals surface area contributed by atoms with E-state index in [1.54, 1.807) is 6.07 Å². The summed E-state index contributed by atoms with van der Waals surface area (Å²) in [5, 5.41) is 0.329. The van der Waals surface area contributed by atoms with Gasteiger partial charge in [0, 0.05) is 27.7 Å². The fourth-order valence-electron chi connectivity index (χ4n) is 1.46. The summed E-state index contributed by atoms with van der Waals surface area (Å²) in [6.45, 7) is 0.273. The zero-order valence-corrected chi connectivity index (χ0v) is 11.4. The lowest BCUT2D eigenvalue weighted by Gasteiger charge is -2.11. The molecule has 1 aromatic heterocycles. The maximum Gasteiger partial charge on any atom is 0.417 e. The Labute approximate surface area is 114 Å². The first-order chi connectivity index (χ1) is 8.41. The average Bonchev–Trinajstić information content (AvgIpc) is 2.76. The number of benzene rings is 1. The van der Waals surface area contributed by atoms with Crippen LogP contribution in [-0.4, -0.2) is 4.98 Å². The lowest BCUT2D eigenvalue weighted by Crippen LogP contribution is -2.07. The van der Waals surface area contributed by atoms with Gasteiger partial charge in [-0.2, -0.15) is 13.2 Å². The van der Waals surface area contributed by atoms with E-state index in [0.717, 1.165) is 10.9 Å². The molecule has 2 rings (SSSR count). The minimum Gasteiger partial charge on any atom is -0.326 e. The SMILES string of the molecule is NCc1cnc(-c2ccc(Br)cc2C(F)(F)F)s1. The second kappa shape index (κ2) is 4.99. The summed E-state index contributed by atoms with van der Waals surface area (Å²) in [5.41, 5.74) is 4.81. The van der Waals surface area contributed by atoms with Crippen LogP contribution in [0.4, 0.5) is 13.2 Å². The molecule has 0 atom stereocenters. The van der Waals surface area contributed by atoms with Crippen LogP contribution < -0.4 is 5.73 Å². The van der Waals surface area contributed by atoms with Gasteiger partial charge in [0.2, 0.25) is 0 Å². The number of hydrogen-bond donors (Lipinski definition) is 1. The highest BCUT2D eigenvalue weighted by atomic mass is 79.9. The number of hydrogen-bond acceptors (Lipinski definition) is 3. The number of rotatable bonds is 2. The molecule has 0 saturated carbocycles. The van der Waals surface area contributed by atoms with Crippen molar-refractivity contribution in [2.75, 3.05) is 0 Å². The molecule has 0 amide bonds. The molecule has 0 aliphatic rings. The summed E-state index contributed by atoms with van der Waals surface area (Å²) < 4.78 is 39.2. The molecule has 0 spiro atoms. The first-order valence-corrected chi connectivity index (χ1v) is 6.54. The molecule has 2 N–H and O–H groups in total. The van der Waals surface area contributed by atoms with E-state index in [2.05, 4.69) is 20.9 Å². The zero-order chi connectivity index (χ0) is 13.3. The fourth-order valence-corrected chi connectivity index (χ4v) is 2.66. The fraction of sp³-hybridized carbons (Fsp3) is 0.182. The lowest BCUT2D eigenvalue weighted by atomic mass is 10.1. The summed E-state index contributed by atoms with van der Waals surface area (Å²) in [6, 6.07) is 4.03. The van der Waals surface area contributed by atoms with E-state index < -0.39 is 11.7 Å². The predicted octanol–water partition coefficient (Wildman–Crippen LogP) is 4.05. The summed E-state index contributed by atoms with van der Waals surface area (Å²) in [6.07, 6.45) is -2.91. The second-order valence-corrected chi connectivity index (χ2v) is 5.55. The van der Waals surface area contributed by atoms with Crippen LogP contribution in [0.3, 0.4) is 0 Å². The molecule has 0 saturated heterocycles. The van der Waals surface area contributed by atoms with Crippen molar-refractivity contribution in [1.82, 2.24) is 4.98 Å². The van der Waals surface area contributed by atoms with Crippen molar-refractivity contribution in [2.24, 2.45) is 5.73 Å². The molecule has 2 nitrogen and oxygen atoms in total. The Morgan fingerprint density at radius 3 is 2.61 bits per heavy atom. The summed E-state index contributed by atoms with van der Waals surface area (Å²) >= 11 is 4.21.